The lowest BCUT2D eigenvalue weighted by atomic mass is 10.0. The molecule has 1 unspecified atom stereocenters. The summed E-state index contributed by atoms with van der Waals surface area (Å²) < 4.78 is 4.72. The first kappa shape index (κ1) is 12.5. The zero-order chi connectivity index (χ0) is 13.0. The van der Waals surface area contributed by atoms with Gasteiger partial charge in [0, 0.05) is 24.0 Å². The zero-order valence-electron chi connectivity index (χ0n) is 10.3. The fraction of sp³-hybridized carbons (Fsp3) is 0.286. The molecule has 1 atom stereocenters. The van der Waals surface area contributed by atoms with Crippen molar-refractivity contribution < 1.29 is 9.53 Å². The Kier molecular flexibility index (Phi) is 3.89. The molecule has 94 valence electrons. The molecule has 2 rings (SSSR count). The van der Waals surface area contributed by atoms with E-state index in [1.54, 1.807) is 0 Å². The standard InChI is InChI=1S/C14H16N2O2/c1-18-14(17)11(9-15)8-12-7-6-10-4-2-3-5-13(10)16-12/h2-7,11H,8-9,15H2,1H3. The average molecular weight is 244 g/mol. The maximum Gasteiger partial charge on any atom is 0.310 e. The van der Waals surface area contributed by atoms with Crippen LogP contribution in [0.5, 0.6) is 0 Å². The van der Waals surface area contributed by atoms with Gasteiger partial charge in [-0.05, 0) is 12.1 Å². The first-order valence-corrected chi connectivity index (χ1v) is 5.87. The van der Waals surface area contributed by atoms with Gasteiger partial charge < -0.3 is 10.5 Å². The van der Waals surface area contributed by atoms with E-state index in [0.29, 0.717) is 6.42 Å². The van der Waals surface area contributed by atoms with Gasteiger partial charge in [-0.25, -0.2) is 0 Å². The number of para-hydroxylation sites is 1. The minimum absolute atomic E-state index is 0.265. The number of methoxy groups -OCH3 is 1. The van der Waals surface area contributed by atoms with Crippen molar-refractivity contribution in [2.24, 2.45) is 11.7 Å². The molecule has 18 heavy (non-hydrogen) atoms. The van der Waals surface area contributed by atoms with Crippen molar-refractivity contribution in [2.45, 2.75) is 6.42 Å². The fourth-order valence-electron chi connectivity index (χ4n) is 1.90. The maximum atomic E-state index is 11.5. The molecule has 0 radical (unpaired) electrons. The molecule has 0 amide bonds. The molecule has 1 aromatic carbocycles. The third-order valence-corrected chi connectivity index (χ3v) is 2.93. The van der Waals surface area contributed by atoms with Crippen molar-refractivity contribution in [3.8, 4) is 0 Å². The largest absolute Gasteiger partial charge is 0.469 e. The van der Waals surface area contributed by atoms with Crippen LogP contribution < -0.4 is 5.73 Å². The molecule has 0 saturated carbocycles. The van der Waals surface area contributed by atoms with Crippen molar-refractivity contribution in [1.29, 1.82) is 0 Å². The number of nitrogens with two attached hydrogens (primary N) is 1. The van der Waals surface area contributed by atoms with E-state index in [9.17, 15) is 4.79 Å². The van der Waals surface area contributed by atoms with Gasteiger partial charge in [-0.1, -0.05) is 24.3 Å². The van der Waals surface area contributed by atoms with E-state index in [-0.39, 0.29) is 18.4 Å². The molecule has 2 aromatic rings. The Morgan fingerprint density at radius 2 is 2.11 bits per heavy atom. The van der Waals surface area contributed by atoms with Crippen LogP contribution in [0.4, 0.5) is 0 Å². The van der Waals surface area contributed by atoms with Crippen LogP contribution >= 0.6 is 0 Å². The molecule has 0 fully saturated rings. The van der Waals surface area contributed by atoms with Crippen LogP contribution in [0.2, 0.25) is 0 Å². The average Bonchev–Trinajstić information content (AvgIpc) is 2.43. The van der Waals surface area contributed by atoms with E-state index in [1.807, 2.05) is 36.4 Å². The lowest BCUT2D eigenvalue weighted by molar-refractivity contribution is -0.145. The Morgan fingerprint density at radius 1 is 1.33 bits per heavy atom. The third kappa shape index (κ3) is 2.65. The summed E-state index contributed by atoms with van der Waals surface area (Å²) in [5, 5.41) is 1.09. The Morgan fingerprint density at radius 3 is 2.83 bits per heavy atom. The smallest absolute Gasteiger partial charge is 0.310 e. The lowest BCUT2D eigenvalue weighted by Crippen LogP contribution is -2.27. The molecule has 0 saturated heterocycles. The van der Waals surface area contributed by atoms with Crippen LogP contribution in [0.15, 0.2) is 36.4 Å². The molecule has 1 aromatic heterocycles. The van der Waals surface area contributed by atoms with Gasteiger partial charge in [0.05, 0.1) is 18.5 Å². The van der Waals surface area contributed by atoms with Crippen LogP contribution in [0, 0.1) is 5.92 Å². The lowest BCUT2D eigenvalue weighted by Gasteiger charge is -2.11. The van der Waals surface area contributed by atoms with E-state index in [2.05, 4.69) is 4.98 Å². The minimum atomic E-state index is -0.330. The Labute approximate surface area is 106 Å². The molecule has 1 heterocycles. The number of fused-ring (bicyclic) bond motifs is 1. The molecule has 0 spiro atoms. The second-order valence-electron chi connectivity index (χ2n) is 4.16. The molecule has 0 bridgehead atoms. The van der Waals surface area contributed by atoms with Crippen LogP contribution in [0.25, 0.3) is 10.9 Å². The number of pyridine rings is 1. The van der Waals surface area contributed by atoms with Crippen LogP contribution in [0.3, 0.4) is 0 Å². The number of nitrogens with zero attached hydrogens (tertiary/aromatic N) is 1. The topological polar surface area (TPSA) is 65.2 Å². The number of hydrogen-bond acceptors (Lipinski definition) is 4. The molecule has 0 aliphatic carbocycles. The number of esters is 1. The quantitative estimate of drug-likeness (QED) is 0.828. The summed E-state index contributed by atoms with van der Waals surface area (Å²) in [6.45, 7) is 0.265. The molecule has 4 heteroatoms. The monoisotopic (exact) mass is 244 g/mol. The van der Waals surface area contributed by atoms with Gasteiger partial charge in [-0.15, -0.1) is 0 Å². The Hall–Kier alpha value is -1.94. The van der Waals surface area contributed by atoms with Gasteiger partial charge in [0.15, 0.2) is 0 Å². The summed E-state index contributed by atoms with van der Waals surface area (Å²) in [5.74, 6) is -0.615. The highest BCUT2D eigenvalue weighted by Crippen LogP contribution is 2.14. The van der Waals surface area contributed by atoms with Gasteiger partial charge in [0.1, 0.15) is 0 Å². The predicted molar refractivity (Wildman–Crippen MR) is 70.0 cm³/mol. The number of benzene rings is 1. The predicted octanol–water partition coefficient (Wildman–Crippen LogP) is 1.53. The van der Waals surface area contributed by atoms with E-state index >= 15 is 0 Å². The summed E-state index contributed by atoms with van der Waals surface area (Å²) in [7, 11) is 1.37. The second kappa shape index (κ2) is 5.60. The second-order valence-corrected chi connectivity index (χ2v) is 4.16. The van der Waals surface area contributed by atoms with Crippen molar-refractivity contribution in [3.63, 3.8) is 0 Å². The van der Waals surface area contributed by atoms with E-state index in [4.69, 9.17) is 10.5 Å². The summed E-state index contributed by atoms with van der Waals surface area (Å²) >= 11 is 0. The summed E-state index contributed by atoms with van der Waals surface area (Å²) in [6, 6.07) is 11.8. The highest BCUT2D eigenvalue weighted by atomic mass is 16.5. The number of hydrogen-bond donors (Lipinski definition) is 1. The molecule has 0 aliphatic rings. The minimum Gasteiger partial charge on any atom is -0.469 e. The zero-order valence-corrected chi connectivity index (χ0v) is 10.3. The third-order valence-electron chi connectivity index (χ3n) is 2.93. The summed E-state index contributed by atoms with van der Waals surface area (Å²) in [5.41, 5.74) is 7.36. The van der Waals surface area contributed by atoms with E-state index in [0.717, 1.165) is 16.6 Å². The summed E-state index contributed by atoms with van der Waals surface area (Å²) in [6.07, 6.45) is 0.508. The van der Waals surface area contributed by atoms with Crippen molar-refractivity contribution >= 4 is 16.9 Å². The van der Waals surface area contributed by atoms with Crippen molar-refractivity contribution in [3.05, 3.63) is 42.1 Å². The van der Waals surface area contributed by atoms with Crippen molar-refractivity contribution in [1.82, 2.24) is 4.98 Å². The van der Waals surface area contributed by atoms with Gasteiger partial charge in [-0.2, -0.15) is 0 Å². The van der Waals surface area contributed by atoms with E-state index < -0.39 is 0 Å². The van der Waals surface area contributed by atoms with Crippen molar-refractivity contribution in [2.75, 3.05) is 13.7 Å². The van der Waals surface area contributed by atoms with Gasteiger partial charge in [-0.3, -0.25) is 9.78 Å². The van der Waals surface area contributed by atoms with Gasteiger partial charge in [0.2, 0.25) is 0 Å². The molecule has 4 nitrogen and oxygen atoms in total. The summed E-state index contributed by atoms with van der Waals surface area (Å²) in [4.78, 5) is 16.0. The Balaban J connectivity index is 2.23. The first-order valence-electron chi connectivity index (χ1n) is 5.87. The first-order chi connectivity index (χ1) is 8.74. The number of rotatable bonds is 4. The van der Waals surface area contributed by atoms with Crippen LogP contribution in [0.1, 0.15) is 5.69 Å². The highest BCUT2D eigenvalue weighted by molar-refractivity contribution is 5.78. The molecule has 0 aliphatic heterocycles. The maximum absolute atomic E-state index is 11.5. The number of aromatic nitrogens is 1. The molecule has 2 N–H and O–H groups in total. The number of ether oxygens (including phenoxy) is 1. The fourth-order valence-corrected chi connectivity index (χ4v) is 1.90. The van der Waals surface area contributed by atoms with Gasteiger partial charge in [0.25, 0.3) is 0 Å². The molecular weight excluding hydrogens is 228 g/mol. The Bertz CT molecular complexity index is 554. The highest BCUT2D eigenvalue weighted by Gasteiger charge is 2.18. The number of carbonyl (C=O) groups excluding carboxylic acids is 1. The normalized spacial score (nSPS) is 12.3. The van der Waals surface area contributed by atoms with Crippen LogP contribution in [-0.4, -0.2) is 24.6 Å². The SMILES string of the molecule is COC(=O)C(CN)Cc1ccc2ccccc2n1. The van der Waals surface area contributed by atoms with Crippen LogP contribution in [-0.2, 0) is 16.0 Å². The number of carbonyl (C=O) groups is 1. The molecular formula is C14H16N2O2. The van der Waals surface area contributed by atoms with Gasteiger partial charge >= 0.3 is 5.97 Å². The van der Waals surface area contributed by atoms with E-state index in [1.165, 1.54) is 7.11 Å².